The first-order valence-electron chi connectivity index (χ1n) is 8.49. The van der Waals surface area contributed by atoms with E-state index in [4.69, 9.17) is 0 Å². The molecule has 24 heavy (non-hydrogen) atoms. The van der Waals surface area contributed by atoms with Crippen LogP contribution in [0.15, 0.2) is 30.6 Å². The number of carbonyl (C=O) groups is 1. The van der Waals surface area contributed by atoms with Gasteiger partial charge in [-0.3, -0.25) is 4.79 Å². The fraction of sp³-hybridized carbons (Fsp3) is 0.529. The smallest absolute Gasteiger partial charge is 0.224 e. The Kier molecular flexibility index (Phi) is 5.53. The highest BCUT2D eigenvalue weighted by Crippen LogP contribution is 2.23. The first-order valence-corrected chi connectivity index (χ1v) is 8.49. The molecule has 0 aliphatic heterocycles. The molecule has 3 rings (SSSR count). The molecule has 2 unspecified atom stereocenters. The third-order valence-electron chi connectivity index (χ3n) is 4.65. The van der Waals surface area contributed by atoms with Crippen LogP contribution in [-0.4, -0.2) is 43.9 Å². The zero-order valence-electron chi connectivity index (χ0n) is 13.6. The van der Waals surface area contributed by atoms with Crippen LogP contribution in [0.5, 0.6) is 0 Å². The van der Waals surface area contributed by atoms with Crippen molar-refractivity contribution in [2.45, 2.75) is 44.6 Å². The van der Waals surface area contributed by atoms with Crippen molar-refractivity contribution in [3.8, 4) is 5.69 Å². The highest BCUT2D eigenvalue weighted by Gasteiger charge is 2.24. The number of aliphatic hydroxyl groups excluding tert-OH is 1. The van der Waals surface area contributed by atoms with Gasteiger partial charge < -0.3 is 10.4 Å². The minimum atomic E-state index is 0.00974. The van der Waals surface area contributed by atoms with Crippen molar-refractivity contribution < 1.29 is 9.90 Å². The molecule has 1 aromatic carbocycles. The predicted octanol–water partition coefficient (Wildman–Crippen LogP) is 1.26. The summed E-state index contributed by atoms with van der Waals surface area (Å²) in [4.78, 5) is 12.3. The van der Waals surface area contributed by atoms with Gasteiger partial charge in [0.25, 0.3) is 0 Å². The summed E-state index contributed by atoms with van der Waals surface area (Å²) in [6, 6.07) is 7.69. The summed E-state index contributed by atoms with van der Waals surface area (Å²) in [6.45, 7) is 0.144. The number of aliphatic hydroxyl groups is 1. The van der Waals surface area contributed by atoms with Gasteiger partial charge >= 0.3 is 0 Å². The lowest BCUT2D eigenvalue weighted by atomic mass is 9.95. The molecule has 2 atom stereocenters. The fourth-order valence-electron chi connectivity index (χ4n) is 3.28. The highest BCUT2D eigenvalue weighted by atomic mass is 16.3. The quantitative estimate of drug-likeness (QED) is 0.806. The van der Waals surface area contributed by atoms with Crippen molar-refractivity contribution >= 4 is 5.91 Å². The molecular formula is C17H23N5O2. The Hall–Kier alpha value is -2.28. The first kappa shape index (κ1) is 16.6. The molecule has 1 fully saturated rings. The molecule has 1 amide bonds. The highest BCUT2D eigenvalue weighted by molar-refractivity contribution is 5.79. The van der Waals surface area contributed by atoms with Gasteiger partial charge in [0.05, 0.1) is 12.1 Å². The number of amides is 1. The maximum atomic E-state index is 12.3. The molecule has 1 aliphatic rings. The van der Waals surface area contributed by atoms with Crippen LogP contribution < -0.4 is 5.32 Å². The number of rotatable bonds is 5. The van der Waals surface area contributed by atoms with Crippen LogP contribution in [0.1, 0.15) is 37.7 Å². The minimum absolute atomic E-state index is 0.00974. The number of hydrogen-bond acceptors (Lipinski definition) is 5. The van der Waals surface area contributed by atoms with Crippen molar-refractivity contribution in [3.63, 3.8) is 0 Å². The predicted molar refractivity (Wildman–Crippen MR) is 88.4 cm³/mol. The van der Waals surface area contributed by atoms with Crippen molar-refractivity contribution in [1.29, 1.82) is 0 Å². The lowest BCUT2D eigenvalue weighted by Crippen LogP contribution is -2.41. The van der Waals surface area contributed by atoms with Crippen LogP contribution in [0, 0.1) is 5.92 Å². The second kappa shape index (κ2) is 8.01. The molecule has 128 valence electrons. The third kappa shape index (κ3) is 4.17. The van der Waals surface area contributed by atoms with E-state index in [1.165, 1.54) is 12.7 Å². The van der Waals surface area contributed by atoms with Gasteiger partial charge in [-0.25, -0.2) is 4.68 Å². The molecule has 0 radical (unpaired) electrons. The molecule has 1 heterocycles. The molecule has 2 aromatic rings. The van der Waals surface area contributed by atoms with Crippen LogP contribution in [0.3, 0.4) is 0 Å². The second-order valence-electron chi connectivity index (χ2n) is 6.35. The van der Waals surface area contributed by atoms with E-state index in [1.54, 1.807) is 4.68 Å². The molecule has 0 saturated heterocycles. The Bertz CT molecular complexity index is 642. The lowest BCUT2D eigenvalue weighted by Gasteiger charge is -2.24. The number of nitrogens with one attached hydrogen (secondary N) is 1. The molecular weight excluding hydrogens is 306 g/mol. The Morgan fingerprint density at radius 3 is 2.71 bits per heavy atom. The Morgan fingerprint density at radius 2 is 2.00 bits per heavy atom. The second-order valence-corrected chi connectivity index (χ2v) is 6.35. The van der Waals surface area contributed by atoms with Gasteiger partial charge in [-0.15, -0.1) is 5.10 Å². The van der Waals surface area contributed by atoms with Gasteiger partial charge in [-0.2, -0.15) is 0 Å². The fourth-order valence-corrected chi connectivity index (χ4v) is 3.28. The zero-order chi connectivity index (χ0) is 16.8. The SMILES string of the molecule is O=C(Cc1ccc(-n2cnnn2)cc1)NC1CCCCCC1CO. The average Bonchev–Trinajstić information content (AvgIpc) is 3.03. The lowest BCUT2D eigenvalue weighted by molar-refractivity contribution is -0.121. The number of tetrazole rings is 1. The van der Waals surface area contributed by atoms with E-state index in [0.717, 1.165) is 36.9 Å². The zero-order valence-corrected chi connectivity index (χ0v) is 13.6. The molecule has 0 spiro atoms. The van der Waals surface area contributed by atoms with Crippen molar-refractivity contribution in [2.75, 3.05) is 6.61 Å². The van der Waals surface area contributed by atoms with Crippen LogP contribution in [-0.2, 0) is 11.2 Å². The number of carbonyl (C=O) groups excluding carboxylic acids is 1. The first-order chi connectivity index (χ1) is 11.8. The summed E-state index contributed by atoms with van der Waals surface area (Å²) in [5.41, 5.74) is 1.80. The van der Waals surface area contributed by atoms with E-state index in [0.29, 0.717) is 6.42 Å². The number of nitrogens with zero attached hydrogens (tertiary/aromatic N) is 4. The standard InChI is InChI=1S/C17H23N5O2/c23-11-14-4-2-1-3-5-16(14)19-17(24)10-13-6-8-15(9-7-13)22-12-18-20-21-22/h6-9,12,14,16,23H,1-5,10-11H2,(H,19,24). The minimum Gasteiger partial charge on any atom is -0.396 e. The maximum Gasteiger partial charge on any atom is 0.224 e. The normalized spacial score (nSPS) is 21.2. The Morgan fingerprint density at radius 1 is 1.21 bits per heavy atom. The summed E-state index contributed by atoms with van der Waals surface area (Å²) in [5.74, 6) is 0.189. The van der Waals surface area contributed by atoms with Crippen molar-refractivity contribution in [1.82, 2.24) is 25.5 Å². The van der Waals surface area contributed by atoms with Gasteiger partial charge in [-0.1, -0.05) is 31.4 Å². The summed E-state index contributed by atoms with van der Waals surface area (Å²) in [6.07, 6.45) is 7.24. The van der Waals surface area contributed by atoms with Crippen LogP contribution in [0.25, 0.3) is 5.69 Å². The Labute approximate surface area is 141 Å². The van der Waals surface area contributed by atoms with Gasteiger partial charge in [0.1, 0.15) is 6.33 Å². The van der Waals surface area contributed by atoms with E-state index in [-0.39, 0.29) is 24.5 Å². The molecule has 0 bridgehead atoms. The van der Waals surface area contributed by atoms with Crippen LogP contribution in [0.4, 0.5) is 0 Å². The molecule has 2 N–H and O–H groups in total. The van der Waals surface area contributed by atoms with Gasteiger partial charge in [0, 0.05) is 18.6 Å². The van der Waals surface area contributed by atoms with E-state index in [2.05, 4.69) is 20.8 Å². The van der Waals surface area contributed by atoms with E-state index < -0.39 is 0 Å². The van der Waals surface area contributed by atoms with E-state index >= 15 is 0 Å². The summed E-state index contributed by atoms with van der Waals surface area (Å²) in [5, 5.41) is 23.7. The van der Waals surface area contributed by atoms with Gasteiger partial charge in [0.2, 0.25) is 5.91 Å². The summed E-state index contributed by atoms with van der Waals surface area (Å²) >= 11 is 0. The number of aromatic nitrogens is 4. The molecule has 1 aliphatic carbocycles. The summed E-state index contributed by atoms with van der Waals surface area (Å²) in [7, 11) is 0. The largest absolute Gasteiger partial charge is 0.396 e. The maximum absolute atomic E-state index is 12.3. The van der Waals surface area contributed by atoms with Crippen molar-refractivity contribution in [2.24, 2.45) is 5.92 Å². The van der Waals surface area contributed by atoms with Gasteiger partial charge in [-0.05, 0) is 41.0 Å². The van der Waals surface area contributed by atoms with Crippen LogP contribution in [0.2, 0.25) is 0 Å². The average molecular weight is 329 g/mol. The van der Waals surface area contributed by atoms with E-state index in [9.17, 15) is 9.90 Å². The van der Waals surface area contributed by atoms with E-state index in [1.807, 2.05) is 24.3 Å². The van der Waals surface area contributed by atoms with Crippen LogP contribution >= 0.6 is 0 Å². The van der Waals surface area contributed by atoms with Crippen molar-refractivity contribution in [3.05, 3.63) is 36.2 Å². The molecule has 1 saturated carbocycles. The number of hydrogen-bond donors (Lipinski definition) is 2. The monoisotopic (exact) mass is 329 g/mol. The molecule has 1 aromatic heterocycles. The third-order valence-corrected chi connectivity index (χ3v) is 4.65. The molecule has 7 nitrogen and oxygen atoms in total. The number of benzene rings is 1. The summed E-state index contributed by atoms with van der Waals surface area (Å²) < 4.78 is 1.57. The van der Waals surface area contributed by atoms with Gasteiger partial charge in [0.15, 0.2) is 0 Å². The Balaban J connectivity index is 1.58. The topological polar surface area (TPSA) is 92.9 Å². The molecule has 7 heteroatoms.